The van der Waals surface area contributed by atoms with E-state index < -0.39 is 24.6 Å². The van der Waals surface area contributed by atoms with E-state index in [0.29, 0.717) is 0 Å². The SMILES string of the molecule is COC[C@H]1O[C@@H](O)C(O)C1O. The van der Waals surface area contributed by atoms with E-state index in [1.807, 2.05) is 0 Å². The normalized spacial score (nSPS) is 44.7. The van der Waals surface area contributed by atoms with Gasteiger partial charge in [0, 0.05) is 7.11 Å². The average Bonchev–Trinajstić information content (AvgIpc) is 2.19. The summed E-state index contributed by atoms with van der Waals surface area (Å²) < 4.78 is 9.44. The van der Waals surface area contributed by atoms with Crippen LogP contribution in [0.25, 0.3) is 0 Å². The Morgan fingerprint density at radius 2 is 1.91 bits per heavy atom. The van der Waals surface area contributed by atoms with Gasteiger partial charge in [-0.1, -0.05) is 0 Å². The molecule has 11 heavy (non-hydrogen) atoms. The molecule has 1 fully saturated rings. The monoisotopic (exact) mass is 164 g/mol. The summed E-state index contributed by atoms with van der Waals surface area (Å²) >= 11 is 0. The smallest absolute Gasteiger partial charge is 0.184 e. The highest BCUT2D eigenvalue weighted by Crippen LogP contribution is 2.19. The molecule has 1 aliphatic rings. The second kappa shape index (κ2) is 3.46. The fourth-order valence-corrected chi connectivity index (χ4v) is 1.03. The van der Waals surface area contributed by atoms with Crippen molar-refractivity contribution in [3.8, 4) is 0 Å². The fourth-order valence-electron chi connectivity index (χ4n) is 1.03. The molecule has 1 aliphatic heterocycles. The second-order valence-electron chi connectivity index (χ2n) is 2.50. The number of hydrogen-bond donors (Lipinski definition) is 3. The molecule has 4 atom stereocenters. The van der Waals surface area contributed by atoms with Crippen molar-refractivity contribution in [1.82, 2.24) is 0 Å². The van der Waals surface area contributed by atoms with Crippen LogP contribution in [0.2, 0.25) is 0 Å². The third-order valence-corrected chi connectivity index (χ3v) is 1.67. The molecule has 0 spiro atoms. The molecule has 0 aromatic carbocycles. The van der Waals surface area contributed by atoms with Crippen molar-refractivity contribution < 1.29 is 24.8 Å². The van der Waals surface area contributed by atoms with E-state index in [-0.39, 0.29) is 6.61 Å². The van der Waals surface area contributed by atoms with Crippen molar-refractivity contribution in [3.05, 3.63) is 0 Å². The number of rotatable bonds is 2. The standard InChI is InChI=1S/C6H12O5/c1-10-2-3-4(7)5(8)6(9)11-3/h3-9H,2H2,1H3/t3-,4?,5?,6-/m1/s1. The predicted octanol–water partition coefficient (Wildman–Crippen LogP) is -1.93. The van der Waals surface area contributed by atoms with Crippen LogP contribution >= 0.6 is 0 Å². The van der Waals surface area contributed by atoms with Crippen molar-refractivity contribution in [2.75, 3.05) is 13.7 Å². The summed E-state index contributed by atoms with van der Waals surface area (Å²) in [5.41, 5.74) is 0. The second-order valence-corrected chi connectivity index (χ2v) is 2.50. The maximum Gasteiger partial charge on any atom is 0.184 e. The summed E-state index contributed by atoms with van der Waals surface area (Å²) in [7, 11) is 1.45. The lowest BCUT2D eigenvalue weighted by atomic mass is 10.1. The average molecular weight is 164 g/mol. The molecule has 2 unspecified atom stereocenters. The van der Waals surface area contributed by atoms with E-state index in [0.717, 1.165) is 0 Å². The lowest BCUT2D eigenvalue weighted by molar-refractivity contribution is -0.134. The van der Waals surface area contributed by atoms with Gasteiger partial charge in [-0.2, -0.15) is 0 Å². The van der Waals surface area contributed by atoms with Crippen LogP contribution in [-0.4, -0.2) is 53.6 Å². The van der Waals surface area contributed by atoms with E-state index in [4.69, 9.17) is 20.1 Å². The fraction of sp³-hybridized carbons (Fsp3) is 1.00. The zero-order valence-corrected chi connectivity index (χ0v) is 6.17. The van der Waals surface area contributed by atoms with Crippen molar-refractivity contribution in [2.24, 2.45) is 0 Å². The summed E-state index contributed by atoms with van der Waals surface area (Å²) in [6, 6.07) is 0. The Bertz CT molecular complexity index is 128. The summed E-state index contributed by atoms with van der Waals surface area (Å²) in [5.74, 6) is 0. The Morgan fingerprint density at radius 3 is 2.27 bits per heavy atom. The Morgan fingerprint density at radius 1 is 1.27 bits per heavy atom. The largest absolute Gasteiger partial charge is 0.387 e. The van der Waals surface area contributed by atoms with Gasteiger partial charge in [-0.3, -0.25) is 0 Å². The van der Waals surface area contributed by atoms with E-state index in [1.165, 1.54) is 7.11 Å². The highest BCUT2D eigenvalue weighted by Gasteiger charge is 2.41. The topological polar surface area (TPSA) is 79.2 Å². The van der Waals surface area contributed by atoms with Crippen LogP contribution in [-0.2, 0) is 9.47 Å². The van der Waals surface area contributed by atoms with Gasteiger partial charge in [-0.15, -0.1) is 0 Å². The van der Waals surface area contributed by atoms with Gasteiger partial charge in [0.2, 0.25) is 0 Å². The highest BCUT2D eigenvalue weighted by atomic mass is 16.7. The van der Waals surface area contributed by atoms with Gasteiger partial charge in [-0.25, -0.2) is 0 Å². The molecular formula is C6H12O5. The van der Waals surface area contributed by atoms with Gasteiger partial charge < -0.3 is 24.8 Å². The van der Waals surface area contributed by atoms with Crippen LogP contribution in [0.4, 0.5) is 0 Å². The molecule has 0 bridgehead atoms. The van der Waals surface area contributed by atoms with Gasteiger partial charge in [-0.05, 0) is 0 Å². The summed E-state index contributed by atoms with van der Waals surface area (Å²) in [4.78, 5) is 0. The first-order valence-corrected chi connectivity index (χ1v) is 3.35. The van der Waals surface area contributed by atoms with Gasteiger partial charge in [0.25, 0.3) is 0 Å². The first-order valence-electron chi connectivity index (χ1n) is 3.35. The van der Waals surface area contributed by atoms with E-state index in [9.17, 15) is 0 Å². The third-order valence-electron chi connectivity index (χ3n) is 1.67. The van der Waals surface area contributed by atoms with Crippen molar-refractivity contribution in [2.45, 2.75) is 24.6 Å². The van der Waals surface area contributed by atoms with Crippen LogP contribution in [0.1, 0.15) is 0 Å². The van der Waals surface area contributed by atoms with E-state index in [2.05, 4.69) is 4.74 Å². The lowest BCUT2D eigenvalue weighted by Gasteiger charge is -2.11. The minimum Gasteiger partial charge on any atom is -0.387 e. The van der Waals surface area contributed by atoms with Crippen molar-refractivity contribution >= 4 is 0 Å². The number of aliphatic hydroxyl groups excluding tert-OH is 3. The molecular weight excluding hydrogens is 152 g/mol. The highest BCUT2D eigenvalue weighted by molar-refractivity contribution is 4.85. The number of methoxy groups -OCH3 is 1. The molecule has 5 heteroatoms. The predicted molar refractivity (Wildman–Crippen MR) is 34.8 cm³/mol. The first kappa shape index (κ1) is 8.89. The molecule has 1 heterocycles. The van der Waals surface area contributed by atoms with Gasteiger partial charge in [0.1, 0.15) is 18.3 Å². The van der Waals surface area contributed by atoms with Crippen LogP contribution in [0.5, 0.6) is 0 Å². The number of hydrogen-bond acceptors (Lipinski definition) is 5. The van der Waals surface area contributed by atoms with E-state index >= 15 is 0 Å². The lowest BCUT2D eigenvalue weighted by Crippen LogP contribution is -2.34. The number of ether oxygens (including phenoxy) is 2. The summed E-state index contributed by atoms with van der Waals surface area (Å²) in [6.45, 7) is 0.162. The molecule has 0 aromatic rings. The minimum absolute atomic E-state index is 0.162. The Hall–Kier alpha value is -0.200. The van der Waals surface area contributed by atoms with Crippen LogP contribution < -0.4 is 0 Å². The molecule has 0 aliphatic carbocycles. The molecule has 0 saturated carbocycles. The maximum atomic E-state index is 9.14. The zero-order valence-electron chi connectivity index (χ0n) is 6.17. The maximum absolute atomic E-state index is 9.14. The molecule has 1 rings (SSSR count). The van der Waals surface area contributed by atoms with Gasteiger partial charge >= 0.3 is 0 Å². The quantitative estimate of drug-likeness (QED) is 0.443. The zero-order chi connectivity index (χ0) is 8.43. The Labute approximate surface area is 64.2 Å². The van der Waals surface area contributed by atoms with Gasteiger partial charge in [0.05, 0.1) is 6.61 Å². The molecule has 66 valence electrons. The molecule has 0 radical (unpaired) electrons. The van der Waals surface area contributed by atoms with Crippen LogP contribution in [0.15, 0.2) is 0 Å². The first-order chi connectivity index (χ1) is 5.16. The molecule has 3 N–H and O–H groups in total. The van der Waals surface area contributed by atoms with Crippen molar-refractivity contribution in [1.29, 1.82) is 0 Å². The summed E-state index contributed by atoms with van der Waals surface area (Å²) in [6.07, 6.45) is -4.23. The van der Waals surface area contributed by atoms with Crippen LogP contribution in [0.3, 0.4) is 0 Å². The Kier molecular flexibility index (Phi) is 2.80. The van der Waals surface area contributed by atoms with E-state index in [1.54, 1.807) is 0 Å². The van der Waals surface area contributed by atoms with Crippen molar-refractivity contribution in [3.63, 3.8) is 0 Å². The molecule has 0 aromatic heterocycles. The third kappa shape index (κ3) is 1.69. The van der Waals surface area contributed by atoms with Crippen LogP contribution in [0, 0.1) is 0 Å². The molecule has 0 amide bonds. The number of aliphatic hydroxyl groups is 3. The summed E-state index contributed by atoms with van der Waals surface area (Å²) in [5, 5.41) is 27.0. The minimum atomic E-state index is -1.30. The van der Waals surface area contributed by atoms with Gasteiger partial charge in [0.15, 0.2) is 6.29 Å². The molecule has 1 saturated heterocycles. The molecule has 5 nitrogen and oxygen atoms in total. The Balaban J connectivity index is 2.45.